The van der Waals surface area contributed by atoms with Crippen LogP contribution in [0.5, 0.6) is 11.5 Å². The average Bonchev–Trinajstić information content (AvgIpc) is 2.60. The molecule has 0 atom stereocenters. The van der Waals surface area contributed by atoms with Gasteiger partial charge in [0.2, 0.25) is 11.8 Å². The maximum Gasteiger partial charge on any atom is 0.224 e. The van der Waals surface area contributed by atoms with Crippen LogP contribution in [0.1, 0.15) is 18.1 Å². The van der Waals surface area contributed by atoms with Crippen LogP contribution in [0.2, 0.25) is 0 Å². The largest absolute Gasteiger partial charge is 0.496 e. The number of anilines is 1. The molecule has 25 heavy (non-hydrogen) atoms. The summed E-state index contributed by atoms with van der Waals surface area (Å²) in [6, 6.07) is 12.8. The van der Waals surface area contributed by atoms with Crippen molar-refractivity contribution in [3.8, 4) is 11.5 Å². The van der Waals surface area contributed by atoms with Crippen LogP contribution in [0.25, 0.3) is 0 Å². The zero-order valence-corrected chi connectivity index (χ0v) is 14.6. The van der Waals surface area contributed by atoms with Gasteiger partial charge in [0, 0.05) is 19.0 Å². The van der Waals surface area contributed by atoms with Gasteiger partial charge in [0.25, 0.3) is 0 Å². The number of carbonyl (C=O) groups is 2. The molecule has 0 unspecified atom stereocenters. The Morgan fingerprint density at radius 2 is 1.72 bits per heavy atom. The quantitative estimate of drug-likeness (QED) is 0.811. The Labute approximate surface area is 147 Å². The fourth-order valence-electron chi connectivity index (χ4n) is 2.44. The van der Waals surface area contributed by atoms with E-state index in [1.165, 1.54) is 14.0 Å². The van der Waals surface area contributed by atoms with Crippen molar-refractivity contribution in [2.75, 3.05) is 19.5 Å². The highest BCUT2D eigenvalue weighted by Gasteiger charge is 2.10. The predicted molar refractivity (Wildman–Crippen MR) is 95.8 cm³/mol. The van der Waals surface area contributed by atoms with Gasteiger partial charge in [0.05, 0.1) is 26.3 Å². The topological polar surface area (TPSA) is 76.7 Å². The molecule has 0 heterocycles. The highest BCUT2D eigenvalue weighted by atomic mass is 16.5. The lowest BCUT2D eigenvalue weighted by atomic mass is 10.1. The van der Waals surface area contributed by atoms with Gasteiger partial charge in [-0.25, -0.2) is 0 Å². The number of hydrogen-bond acceptors (Lipinski definition) is 4. The number of ether oxygens (including phenoxy) is 2. The zero-order chi connectivity index (χ0) is 18.2. The van der Waals surface area contributed by atoms with Gasteiger partial charge in [-0.1, -0.05) is 24.3 Å². The van der Waals surface area contributed by atoms with E-state index in [-0.39, 0.29) is 18.2 Å². The van der Waals surface area contributed by atoms with Crippen molar-refractivity contribution in [3.63, 3.8) is 0 Å². The minimum atomic E-state index is -0.185. The third kappa shape index (κ3) is 5.24. The summed E-state index contributed by atoms with van der Waals surface area (Å²) in [6.45, 7) is 1.78. The second kappa shape index (κ2) is 8.73. The molecule has 0 fully saturated rings. The van der Waals surface area contributed by atoms with Gasteiger partial charge >= 0.3 is 0 Å². The van der Waals surface area contributed by atoms with E-state index in [9.17, 15) is 9.59 Å². The van der Waals surface area contributed by atoms with Gasteiger partial charge in [-0.15, -0.1) is 0 Å². The molecule has 0 saturated heterocycles. The van der Waals surface area contributed by atoms with Gasteiger partial charge in [0.1, 0.15) is 11.5 Å². The maximum atomic E-state index is 12.2. The van der Waals surface area contributed by atoms with Gasteiger partial charge < -0.3 is 20.1 Å². The van der Waals surface area contributed by atoms with Crippen molar-refractivity contribution in [2.24, 2.45) is 0 Å². The molecule has 6 heteroatoms. The highest BCUT2D eigenvalue weighted by molar-refractivity contribution is 5.90. The first-order chi connectivity index (χ1) is 12.0. The Morgan fingerprint density at radius 1 is 1.00 bits per heavy atom. The van der Waals surface area contributed by atoms with Crippen LogP contribution in [0.4, 0.5) is 5.69 Å². The molecule has 2 aromatic carbocycles. The third-order valence-electron chi connectivity index (χ3n) is 3.61. The van der Waals surface area contributed by atoms with Crippen LogP contribution in [0.15, 0.2) is 42.5 Å². The summed E-state index contributed by atoms with van der Waals surface area (Å²) in [5.74, 6) is 0.964. The molecular formula is C19H22N2O4. The van der Waals surface area contributed by atoms with E-state index in [0.717, 1.165) is 11.1 Å². The minimum absolute atomic E-state index is 0.110. The lowest BCUT2D eigenvalue weighted by molar-refractivity contribution is -0.120. The molecule has 2 rings (SSSR count). The Morgan fingerprint density at radius 3 is 2.40 bits per heavy atom. The van der Waals surface area contributed by atoms with Crippen LogP contribution in [-0.4, -0.2) is 26.0 Å². The molecular weight excluding hydrogens is 320 g/mol. The summed E-state index contributed by atoms with van der Waals surface area (Å²) in [5.41, 5.74) is 2.26. The van der Waals surface area contributed by atoms with Crippen molar-refractivity contribution in [1.29, 1.82) is 0 Å². The molecule has 0 saturated carbocycles. The van der Waals surface area contributed by atoms with Gasteiger partial charge in [0.15, 0.2) is 0 Å². The average molecular weight is 342 g/mol. The monoisotopic (exact) mass is 342 g/mol. The Bertz CT molecular complexity index is 759. The number of para-hydroxylation sites is 1. The number of rotatable bonds is 7. The highest BCUT2D eigenvalue weighted by Crippen LogP contribution is 2.25. The van der Waals surface area contributed by atoms with Gasteiger partial charge in [-0.3, -0.25) is 9.59 Å². The fourth-order valence-corrected chi connectivity index (χ4v) is 2.44. The fraction of sp³-hybridized carbons (Fsp3) is 0.263. The predicted octanol–water partition coefficient (Wildman–Crippen LogP) is 2.52. The summed E-state index contributed by atoms with van der Waals surface area (Å²) >= 11 is 0. The normalized spacial score (nSPS) is 10.0. The molecule has 0 aliphatic heterocycles. The molecule has 0 aromatic heterocycles. The number of nitrogens with one attached hydrogen (secondary N) is 2. The smallest absolute Gasteiger partial charge is 0.224 e. The van der Waals surface area contributed by atoms with Crippen LogP contribution in [0, 0.1) is 0 Å². The van der Waals surface area contributed by atoms with Crippen LogP contribution >= 0.6 is 0 Å². The molecule has 0 aliphatic rings. The Balaban J connectivity index is 2.00. The summed E-state index contributed by atoms with van der Waals surface area (Å²) in [4.78, 5) is 23.5. The van der Waals surface area contributed by atoms with Crippen molar-refractivity contribution in [2.45, 2.75) is 19.9 Å². The summed E-state index contributed by atoms with van der Waals surface area (Å²) < 4.78 is 10.5. The van der Waals surface area contributed by atoms with E-state index in [4.69, 9.17) is 9.47 Å². The first kappa shape index (κ1) is 18.3. The standard InChI is InChI=1S/C19H22N2O4/c1-13(22)21-16-10-14(8-9-18(16)25-3)12-20-19(23)11-15-6-4-5-7-17(15)24-2/h4-10H,11-12H2,1-3H3,(H,20,23)(H,21,22). The molecule has 0 bridgehead atoms. The van der Waals surface area contributed by atoms with Gasteiger partial charge in [-0.2, -0.15) is 0 Å². The van der Waals surface area contributed by atoms with E-state index in [1.54, 1.807) is 19.2 Å². The molecule has 2 amide bonds. The van der Waals surface area contributed by atoms with Crippen molar-refractivity contribution >= 4 is 17.5 Å². The molecule has 132 valence electrons. The first-order valence-electron chi connectivity index (χ1n) is 7.86. The van der Waals surface area contributed by atoms with Crippen molar-refractivity contribution in [1.82, 2.24) is 5.32 Å². The lowest BCUT2D eigenvalue weighted by Gasteiger charge is -2.12. The second-order valence-electron chi connectivity index (χ2n) is 5.48. The van der Waals surface area contributed by atoms with Crippen molar-refractivity contribution in [3.05, 3.63) is 53.6 Å². The molecule has 0 aliphatic carbocycles. The SMILES string of the molecule is COc1ccccc1CC(=O)NCc1ccc(OC)c(NC(C)=O)c1. The van der Waals surface area contributed by atoms with E-state index in [0.29, 0.717) is 23.7 Å². The van der Waals surface area contributed by atoms with E-state index in [2.05, 4.69) is 10.6 Å². The Kier molecular flexibility index (Phi) is 6.39. The number of methoxy groups -OCH3 is 2. The van der Waals surface area contributed by atoms with Gasteiger partial charge in [-0.05, 0) is 23.8 Å². The number of benzene rings is 2. The first-order valence-corrected chi connectivity index (χ1v) is 7.86. The molecule has 2 aromatic rings. The number of hydrogen-bond donors (Lipinski definition) is 2. The van der Waals surface area contributed by atoms with Crippen molar-refractivity contribution < 1.29 is 19.1 Å². The zero-order valence-electron chi connectivity index (χ0n) is 14.6. The van der Waals surface area contributed by atoms with E-state index < -0.39 is 0 Å². The summed E-state index contributed by atoms with van der Waals surface area (Å²) in [5, 5.41) is 5.58. The Hall–Kier alpha value is -3.02. The number of amides is 2. The number of carbonyl (C=O) groups excluding carboxylic acids is 2. The molecule has 0 radical (unpaired) electrons. The molecule has 6 nitrogen and oxygen atoms in total. The van der Waals surface area contributed by atoms with Crippen LogP contribution < -0.4 is 20.1 Å². The summed E-state index contributed by atoms with van der Waals surface area (Å²) in [6.07, 6.45) is 0.235. The summed E-state index contributed by atoms with van der Waals surface area (Å²) in [7, 11) is 3.12. The van der Waals surface area contributed by atoms with Crippen LogP contribution in [0.3, 0.4) is 0 Å². The van der Waals surface area contributed by atoms with E-state index in [1.807, 2.05) is 30.3 Å². The lowest BCUT2D eigenvalue weighted by Crippen LogP contribution is -2.24. The van der Waals surface area contributed by atoms with E-state index >= 15 is 0 Å². The van der Waals surface area contributed by atoms with Crippen LogP contribution in [-0.2, 0) is 22.6 Å². The molecule has 2 N–H and O–H groups in total. The maximum absolute atomic E-state index is 12.2. The third-order valence-corrected chi connectivity index (χ3v) is 3.61. The minimum Gasteiger partial charge on any atom is -0.496 e. The molecule has 0 spiro atoms. The second-order valence-corrected chi connectivity index (χ2v) is 5.48.